The normalized spacial score (nSPS) is 15.0. The molecule has 1 aromatic heterocycles. The first-order valence-corrected chi connectivity index (χ1v) is 5.07. The van der Waals surface area contributed by atoms with Crippen molar-refractivity contribution in [1.29, 1.82) is 0 Å². The van der Waals surface area contributed by atoms with Crippen molar-refractivity contribution < 1.29 is 0 Å². The van der Waals surface area contributed by atoms with Crippen molar-refractivity contribution in [3.63, 3.8) is 0 Å². The predicted molar refractivity (Wildman–Crippen MR) is 56.4 cm³/mol. The maximum absolute atomic E-state index is 4.35. The first-order chi connectivity index (χ1) is 6.83. The summed E-state index contributed by atoms with van der Waals surface area (Å²) in [7, 11) is 2.07. The van der Waals surface area contributed by atoms with Crippen LogP contribution in [0.15, 0.2) is 6.33 Å². The minimum Gasteiger partial charge on any atom is -0.360 e. The van der Waals surface area contributed by atoms with E-state index in [1.807, 2.05) is 0 Å². The van der Waals surface area contributed by atoms with Crippen LogP contribution in [0.2, 0.25) is 0 Å². The SMILES string of the molecule is CCN(C)c1ncnc2c1CCNC2. The van der Waals surface area contributed by atoms with Crippen molar-refractivity contribution >= 4 is 5.82 Å². The summed E-state index contributed by atoms with van der Waals surface area (Å²) in [6.07, 6.45) is 2.70. The van der Waals surface area contributed by atoms with Crippen LogP contribution >= 0.6 is 0 Å². The monoisotopic (exact) mass is 192 g/mol. The number of fused-ring (bicyclic) bond motifs is 1. The Morgan fingerprint density at radius 3 is 3.14 bits per heavy atom. The van der Waals surface area contributed by atoms with Gasteiger partial charge in [-0.2, -0.15) is 0 Å². The summed E-state index contributed by atoms with van der Waals surface area (Å²) in [4.78, 5) is 10.8. The Morgan fingerprint density at radius 2 is 2.36 bits per heavy atom. The molecule has 4 nitrogen and oxygen atoms in total. The van der Waals surface area contributed by atoms with Crippen LogP contribution in [-0.4, -0.2) is 30.1 Å². The highest BCUT2D eigenvalue weighted by Crippen LogP contribution is 2.21. The Kier molecular flexibility index (Phi) is 2.63. The molecular weight excluding hydrogens is 176 g/mol. The standard InChI is InChI=1S/C10H16N4/c1-3-14(2)10-8-4-5-11-6-9(8)12-7-13-10/h7,11H,3-6H2,1-2H3. The van der Waals surface area contributed by atoms with E-state index in [1.54, 1.807) is 6.33 Å². The molecular formula is C10H16N4. The Balaban J connectivity index is 2.39. The van der Waals surface area contributed by atoms with E-state index >= 15 is 0 Å². The van der Waals surface area contributed by atoms with Crippen molar-refractivity contribution in [2.24, 2.45) is 0 Å². The molecule has 14 heavy (non-hydrogen) atoms. The van der Waals surface area contributed by atoms with Crippen molar-refractivity contribution in [2.75, 3.05) is 25.0 Å². The Bertz CT molecular complexity index is 324. The molecule has 0 unspecified atom stereocenters. The van der Waals surface area contributed by atoms with Crippen molar-refractivity contribution in [3.05, 3.63) is 17.6 Å². The first-order valence-electron chi connectivity index (χ1n) is 5.07. The van der Waals surface area contributed by atoms with Crippen LogP contribution in [0.3, 0.4) is 0 Å². The lowest BCUT2D eigenvalue weighted by Crippen LogP contribution is -2.28. The van der Waals surface area contributed by atoms with E-state index in [1.165, 1.54) is 5.56 Å². The molecule has 0 amide bonds. The maximum Gasteiger partial charge on any atom is 0.135 e. The molecule has 0 aromatic carbocycles. The molecule has 0 saturated carbocycles. The molecule has 0 spiro atoms. The molecule has 0 aliphatic carbocycles. The zero-order valence-electron chi connectivity index (χ0n) is 8.75. The summed E-state index contributed by atoms with van der Waals surface area (Å²) >= 11 is 0. The van der Waals surface area contributed by atoms with Crippen LogP contribution in [-0.2, 0) is 13.0 Å². The van der Waals surface area contributed by atoms with Gasteiger partial charge in [0, 0.05) is 25.7 Å². The summed E-state index contributed by atoms with van der Waals surface area (Å²) in [6, 6.07) is 0. The number of rotatable bonds is 2. The number of nitrogens with one attached hydrogen (secondary N) is 1. The Labute approximate surface area is 84.4 Å². The van der Waals surface area contributed by atoms with Gasteiger partial charge in [0.2, 0.25) is 0 Å². The van der Waals surface area contributed by atoms with Gasteiger partial charge in [0.05, 0.1) is 5.69 Å². The third-order valence-corrected chi connectivity index (χ3v) is 2.69. The van der Waals surface area contributed by atoms with Gasteiger partial charge >= 0.3 is 0 Å². The van der Waals surface area contributed by atoms with Crippen LogP contribution in [0, 0.1) is 0 Å². The predicted octanol–water partition coefficient (Wildman–Crippen LogP) is 0.578. The smallest absolute Gasteiger partial charge is 0.135 e. The van der Waals surface area contributed by atoms with Gasteiger partial charge in [-0.1, -0.05) is 0 Å². The third-order valence-electron chi connectivity index (χ3n) is 2.69. The van der Waals surface area contributed by atoms with Gasteiger partial charge in [0.15, 0.2) is 0 Å². The Morgan fingerprint density at radius 1 is 1.50 bits per heavy atom. The molecule has 0 radical (unpaired) electrons. The van der Waals surface area contributed by atoms with Crippen molar-refractivity contribution in [1.82, 2.24) is 15.3 Å². The summed E-state index contributed by atoms with van der Waals surface area (Å²) < 4.78 is 0. The molecule has 0 bridgehead atoms. The topological polar surface area (TPSA) is 41.1 Å². The number of hydrogen-bond acceptors (Lipinski definition) is 4. The second kappa shape index (κ2) is 3.92. The van der Waals surface area contributed by atoms with Gasteiger partial charge < -0.3 is 10.2 Å². The molecule has 1 aliphatic rings. The summed E-state index contributed by atoms with van der Waals surface area (Å²) in [5, 5.41) is 3.32. The molecule has 1 aromatic rings. The lowest BCUT2D eigenvalue weighted by molar-refractivity contribution is 0.621. The Hall–Kier alpha value is -1.16. The second-order valence-corrected chi connectivity index (χ2v) is 3.56. The minimum absolute atomic E-state index is 0.877. The zero-order valence-corrected chi connectivity index (χ0v) is 8.75. The third kappa shape index (κ3) is 1.57. The lowest BCUT2D eigenvalue weighted by atomic mass is 10.1. The molecule has 1 N–H and O–H groups in total. The van der Waals surface area contributed by atoms with Gasteiger partial charge in [-0.25, -0.2) is 9.97 Å². The van der Waals surface area contributed by atoms with Gasteiger partial charge in [-0.05, 0) is 19.9 Å². The molecule has 2 heterocycles. The molecule has 0 fully saturated rings. The van der Waals surface area contributed by atoms with Crippen LogP contribution < -0.4 is 10.2 Å². The first kappa shape index (κ1) is 9.40. The zero-order chi connectivity index (χ0) is 9.97. The van der Waals surface area contributed by atoms with Crippen LogP contribution in [0.25, 0.3) is 0 Å². The second-order valence-electron chi connectivity index (χ2n) is 3.56. The molecule has 0 saturated heterocycles. The molecule has 76 valence electrons. The van der Waals surface area contributed by atoms with Crippen LogP contribution in [0.4, 0.5) is 5.82 Å². The summed E-state index contributed by atoms with van der Waals surface area (Å²) in [5.41, 5.74) is 2.47. The highest BCUT2D eigenvalue weighted by atomic mass is 15.2. The highest BCUT2D eigenvalue weighted by molar-refractivity contribution is 5.48. The molecule has 2 rings (SSSR count). The van der Waals surface area contributed by atoms with E-state index in [0.717, 1.165) is 37.6 Å². The van der Waals surface area contributed by atoms with Crippen molar-refractivity contribution in [3.8, 4) is 0 Å². The molecule has 1 aliphatic heterocycles. The minimum atomic E-state index is 0.877. The fourth-order valence-electron chi connectivity index (χ4n) is 1.75. The van der Waals surface area contributed by atoms with Gasteiger partial charge in [-0.15, -0.1) is 0 Å². The summed E-state index contributed by atoms with van der Waals surface area (Å²) in [5.74, 6) is 1.10. The van der Waals surface area contributed by atoms with E-state index in [0.29, 0.717) is 0 Å². The fourth-order valence-corrected chi connectivity index (χ4v) is 1.75. The largest absolute Gasteiger partial charge is 0.360 e. The van der Waals surface area contributed by atoms with Crippen molar-refractivity contribution in [2.45, 2.75) is 19.9 Å². The maximum atomic E-state index is 4.35. The quantitative estimate of drug-likeness (QED) is 0.744. The van der Waals surface area contributed by atoms with Crippen LogP contribution in [0.1, 0.15) is 18.2 Å². The van der Waals surface area contributed by atoms with E-state index in [9.17, 15) is 0 Å². The van der Waals surface area contributed by atoms with E-state index < -0.39 is 0 Å². The highest BCUT2D eigenvalue weighted by Gasteiger charge is 2.16. The molecule has 0 atom stereocenters. The van der Waals surface area contributed by atoms with E-state index in [-0.39, 0.29) is 0 Å². The van der Waals surface area contributed by atoms with Gasteiger partial charge in [-0.3, -0.25) is 0 Å². The van der Waals surface area contributed by atoms with Gasteiger partial charge in [0.25, 0.3) is 0 Å². The summed E-state index contributed by atoms with van der Waals surface area (Å²) in [6.45, 7) is 5.03. The van der Waals surface area contributed by atoms with E-state index in [4.69, 9.17) is 0 Å². The number of anilines is 1. The van der Waals surface area contributed by atoms with Crippen LogP contribution in [0.5, 0.6) is 0 Å². The molecule has 4 heteroatoms. The number of nitrogens with zero attached hydrogens (tertiary/aromatic N) is 3. The number of hydrogen-bond donors (Lipinski definition) is 1. The number of aromatic nitrogens is 2. The fraction of sp³-hybridized carbons (Fsp3) is 0.600. The average molecular weight is 192 g/mol. The average Bonchev–Trinajstić information content (AvgIpc) is 2.27. The lowest BCUT2D eigenvalue weighted by Gasteiger charge is -2.23. The van der Waals surface area contributed by atoms with Gasteiger partial charge in [0.1, 0.15) is 12.1 Å². The van der Waals surface area contributed by atoms with E-state index in [2.05, 4.69) is 34.2 Å².